The van der Waals surface area contributed by atoms with E-state index in [9.17, 15) is 0 Å². The Balaban J connectivity index is 1.97. The summed E-state index contributed by atoms with van der Waals surface area (Å²) in [6, 6.07) is 7.36. The lowest BCUT2D eigenvalue weighted by Gasteiger charge is -2.06. The van der Waals surface area contributed by atoms with E-state index >= 15 is 0 Å². The summed E-state index contributed by atoms with van der Waals surface area (Å²) in [4.78, 5) is 0. The monoisotopic (exact) mass is 340 g/mol. The first kappa shape index (κ1) is 15.8. The van der Waals surface area contributed by atoms with Crippen LogP contribution in [0.25, 0.3) is 0 Å². The Kier molecular flexibility index (Phi) is 5.61. The highest BCUT2D eigenvalue weighted by molar-refractivity contribution is 7.80. The number of rotatable bonds is 5. The molecule has 0 radical (unpaired) electrons. The van der Waals surface area contributed by atoms with Gasteiger partial charge >= 0.3 is 0 Å². The standard InChI is InChI=1S/C14H14Cl2N4S/c1-2-6-17-14(21)18-13-5-7-20(19-13)9-10-3-4-11(15)12(16)8-10/h2-5,7-8H,1,6,9H2,(H2,17,18,19,21). The van der Waals surface area contributed by atoms with Crippen LogP contribution < -0.4 is 10.6 Å². The largest absolute Gasteiger partial charge is 0.359 e. The molecule has 2 N–H and O–H groups in total. The van der Waals surface area contributed by atoms with Crippen LogP contribution in [0.4, 0.5) is 5.82 Å². The number of halogens is 2. The van der Waals surface area contributed by atoms with Gasteiger partial charge in [-0.05, 0) is 29.9 Å². The number of nitrogens with one attached hydrogen (secondary N) is 2. The number of benzene rings is 1. The fraction of sp³-hybridized carbons (Fsp3) is 0.143. The molecule has 0 fully saturated rings. The Morgan fingerprint density at radius 1 is 1.33 bits per heavy atom. The van der Waals surface area contributed by atoms with Gasteiger partial charge in [-0.15, -0.1) is 6.58 Å². The van der Waals surface area contributed by atoms with Gasteiger partial charge in [0.05, 0.1) is 16.6 Å². The molecule has 1 aromatic heterocycles. The minimum atomic E-state index is 0.509. The molecule has 2 rings (SSSR count). The molecule has 7 heteroatoms. The zero-order valence-electron chi connectivity index (χ0n) is 11.1. The summed E-state index contributed by atoms with van der Waals surface area (Å²) in [7, 11) is 0. The van der Waals surface area contributed by atoms with Gasteiger partial charge in [0, 0.05) is 18.8 Å². The van der Waals surface area contributed by atoms with Crippen molar-refractivity contribution in [2.24, 2.45) is 0 Å². The Morgan fingerprint density at radius 3 is 2.86 bits per heavy atom. The third-order valence-electron chi connectivity index (χ3n) is 2.62. The maximum atomic E-state index is 6.00. The van der Waals surface area contributed by atoms with E-state index in [0.29, 0.717) is 34.1 Å². The average molecular weight is 341 g/mol. The maximum Gasteiger partial charge on any atom is 0.172 e. The van der Waals surface area contributed by atoms with Gasteiger partial charge < -0.3 is 10.6 Å². The highest BCUT2D eigenvalue weighted by Crippen LogP contribution is 2.23. The summed E-state index contributed by atoms with van der Waals surface area (Å²) in [6.07, 6.45) is 3.60. The molecule has 110 valence electrons. The number of anilines is 1. The van der Waals surface area contributed by atoms with Gasteiger partial charge in [0.25, 0.3) is 0 Å². The van der Waals surface area contributed by atoms with Crippen LogP contribution in [0.15, 0.2) is 43.1 Å². The van der Waals surface area contributed by atoms with Crippen molar-refractivity contribution in [3.8, 4) is 0 Å². The SMILES string of the molecule is C=CCNC(=S)Nc1ccn(Cc2ccc(Cl)c(Cl)c2)n1. The van der Waals surface area contributed by atoms with Crippen molar-refractivity contribution in [2.45, 2.75) is 6.54 Å². The zero-order chi connectivity index (χ0) is 15.2. The van der Waals surface area contributed by atoms with E-state index in [0.717, 1.165) is 5.56 Å². The van der Waals surface area contributed by atoms with E-state index in [1.807, 2.05) is 24.4 Å². The highest BCUT2D eigenvalue weighted by atomic mass is 35.5. The minimum Gasteiger partial charge on any atom is -0.359 e. The molecule has 0 saturated heterocycles. The molecule has 0 bridgehead atoms. The molecule has 0 amide bonds. The maximum absolute atomic E-state index is 6.00. The number of hydrogen-bond donors (Lipinski definition) is 2. The summed E-state index contributed by atoms with van der Waals surface area (Å²) < 4.78 is 1.79. The van der Waals surface area contributed by atoms with Gasteiger partial charge in [0.1, 0.15) is 0 Å². The van der Waals surface area contributed by atoms with Crippen LogP contribution in [0.2, 0.25) is 10.0 Å². The molecule has 0 atom stereocenters. The molecule has 0 aliphatic carbocycles. The topological polar surface area (TPSA) is 41.9 Å². The second-order valence-corrected chi connectivity index (χ2v) is 5.49. The van der Waals surface area contributed by atoms with Crippen LogP contribution in [0, 0.1) is 0 Å². The average Bonchev–Trinajstić information content (AvgIpc) is 2.88. The molecule has 1 heterocycles. The Morgan fingerprint density at radius 2 is 2.14 bits per heavy atom. The summed E-state index contributed by atoms with van der Waals surface area (Å²) in [5.74, 6) is 0.677. The van der Waals surface area contributed by atoms with Crippen LogP contribution in [-0.2, 0) is 6.54 Å². The van der Waals surface area contributed by atoms with Gasteiger partial charge in [-0.3, -0.25) is 4.68 Å². The third-order valence-corrected chi connectivity index (χ3v) is 3.60. The van der Waals surface area contributed by atoms with Gasteiger partial charge in [-0.25, -0.2) is 0 Å². The van der Waals surface area contributed by atoms with E-state index in [1.54, 1.807) is 16.8 Å². The van der Waals surface area contributed by atoms with Crippen molar-refractivity contribution in [2.75, 3.05) is 11.9 Å². The number of nitrogens with zero attached hydrogens (tertiary/aromatic N) is 2. The number of thiocarbonyl (C=S) groups is 1. The normalized spacial score (nSPS) is 10.2. The predicted octanol–water partition coefficient (Wildman–Crippen LogP) is 3.71. The molecular weight excluding hydrogens is 327 g/mol. The number of aromatic nitrogens is 2. The van der Waals surface area contributed by atoms with E-state index in [-0.39, 0.29) is 0 Å². The molecular formula is C14H14Cl2N4S. The Labute approximate surface area is 138 Å². The highest BCUT2D eigenvalue weighted by Gasteiger charge is 2.04. The summed E-state index contributed by atoms with van der Waals surface area (Å²) >= 11 is 17.0. The lowest BCUT2D eigenvalue weighted by molar-refractivity contribution is 0.690. The second-order valence-electron chi connectivity index (χ2n) is 4.27. The quantitative estimate of drug-likeness (QED) is 0.643. The van der Waals surface area contributed by atoms with E-state index in [4.69, 9.17) is 35.4 Å². The molecule has 0 aliphatic rings. The third kappa shape index (κ3) is 4.74. The Bertz CT molecular complexity index is 654. The number of hydrogen-bond acceptors (Lipinski definition) is 2. The van der Waals surface area contributed by atoms with Crippen molar-refractivity contribution >= 4 is 46.4 Å². The zero-order valence-corrected chi connectivity index (χ0v) is 13.5. The van der Waals surface area contributed by atoms with Crippen molar-refractivity contribution in [1.82, 2.24) is 15.1 Å². The van der Waals surface area contributed by atoms with Crippen molar-refractivity contribution in [3.63, 3.8) is 0 Å². The molecule has 1 aromatic carbocycles. The second kappa shape index (κ2) is 7.45. The van der Waals surface area contributed by atoms with Crippen LogP contribution in [0.5, 0.6) is 0 Å². The van der Waals surface area contributed by atoms with Crippen LogP contribution in [0.1, 0.15) is 5.56 Å². The van der Waals surface area contributed by atoms with Crippen molar-refractivity contribution in [3.05, 3.63) is 58.7 Å². The van der Waals surface area contributed by atoms with Crippen LogP contribution in [0.3, 0.4) is 0 Å². The lowest BCUT2D eigenvalue weighted by Crippen LogP contribution is -2.28. The minimum absolute atomic E-state index is 0.509. The van der Waals surface area contributed by atoms with Gasteiger partial charge in [0.15, 0.2) is 10.9 Å². The van der Waals surface area contributed by atoms with Gasteiger partial charge in [-0.1, -0.05) is 35.3 Å². The van der Waals surface area contributed by atoms with Gasteiger partial charge in [-0.2, -0.15) is 5.10 Å². The van der Waals surface area contributed by atoms with Crippen LogP contribution in [-0.4, -0.2) is 21.4 Å². The lowest BCUT2D eigenvalue weighted by atomic mass is 10.2. The molecule has 0 unspecified atom stereocenters. The van der Waals surface area contributed by atoms with Gasteiger partial charge in [0.2, 0.25) is 0 Å². The first-order chi connectivity index (χ1) is 10.1. The van der Waals surface area contributed by atoms with E-state index in [2.05, 4.69) is 22.3 Å². The fourth-order valence-electron chi connectivity index (χ4n) is 1.67. The summed E-state index contributed by atoms with van der Waals surface area (Å²) in [5, 5.41) is 11.9. The smallest absolute Gasteiger partial charge is 0.172 e. The Hall–Kier alpha value is -1.56. The molecule has 0 aliphatic heterocycles. The summed E-state index contributed by atoms with van der Waals surface area (Å²) in [5.41, 5.74) is 1.02. The van der Waals surface area contributed by atoms with Crippen molar-refractivity contribution in [1.29, 1.82) is 0 Å². The first-order valence-electron chi connectivity index (χ1n) is 6.21. The van der Waals surface area contributed by atoms with Crippen molar-refractivity contribution < 1.29 is 0 Å². The van der Waals surface area contributed by atoms with Crippen LogP contribution >= 0.6 is 35.4 Å². The molecule has 0 saturated carbocycles. The molecule has 0 spiro atoms. The summed E-state index contributed by atoms with van der Waals surface area (Å²) in [6.45, 7) is 4.82. The first-order valence-corrected chi connectivity index (χ1v) is 7.38. The molecule has 4 nitrogen and oxygen atoms in total. The molecule has 2 aromatic rings. The van der Waals surface area contributed by atoms with E-state index in [1.165, 1.54) is 0 Å². The van der Waals surface area contributed by atoms with E-state index < -0.39 is 0 Å². The molecule has 21 heavy (non-hydrogen) atoms. The predicted molar refractivity (Wildman–Crippen MR) is 92.2 cm³/mol. The fourth-order valence-corrected chi connectivity index (χ4v) is 2.18.